The zero-order valence-corrected chi connectivity index (χ0v) is 15.0. The lowest BCUT2D eigenvalue weighted by Gasteiger charge is -2.12. The molecule has 0 aliphatic rings. The molecule has 138 valence electrons. The van der Waals surface area contributed by atoms with E-state index in [0.29, 0.717) is 11.2 Å². The van der Waals surface area contributed by atoms with Crippen molar-refractivity contribution in [1.82, 2.24) is 25.4 Å². The van der Waals surface area contributed by atoms with Crippen LogP contribution in [0.15, 0.2) is 59.4 Å². The molecule has 0 fully saturated rings. The number of para-hydroxylation sites is 1. The van der Waals surface area contributed by atoms with Crippen LogP contribution in [0, 0.1) is 6.92 Å². The molecule has 0 spiro atoms. The number of pyridine rings is 1. The molecule has 0 aliphatic carbocycles. The second-order valence-electron chi connectivity index (χ2n) is 6.60. The summed E-state index contributed by atoms with van der Waals surface area (Å²) in [4.78, 5) is 16.4. The maximum atomic E-state index is 11.7. The summed E-state index contributed by atoms with van der Waals surface area (Å²) in [5, 5.41) is 20.9. The van der Waals surface area contributed by atoms with Gasteiger partial charge in [-0.1, -0.05) is 18.2 Å². The van der Waals surface area contributed by atoms with Crippen LogP contribution in [-0.2, 0) is 0 Å². The van der Waals surface area contributed by atoms with Crippen LogP contribution in [0.2, 0.25) is 0 Å². The van der Waals surface area contributed by atoms with Gasteiger partial charge in [0.1, 0.15) is 5.82 Å². The van der Waals surface area contributed by atoms with Gasteiger partial charge in [0.05, 0.1) is 22.1 Å². The largest absolute Gasteiger partial charge is 0.340 e. The van der Waals surface area contributed by atoms with Gasteiger partial charge < -0.3 is 10.6 Å². The highest BCUT2D eigenvalue weighted by molar-refractivity contribution is 5.95. The molecular formula is C20H17N7O. The third-order valence-electron chi connectivity index (χ3n) is 4.53. The molecule has 8 nitrogen and oxygen atoms in total. The fourth-order valence-electron chi connectivity index (χ4n) is 3.23. The number of hydrogen-bond acceptors (Lipinski definition) is 5. The fraction of sp³-hybridized carbons (Fsp3) is 0.0500. The molecular weight excluding hydrogens is 354 g/mol. The number of nitrogens with zero attached hydrogens (tertiary/aromatic N) is 2. The molecule has 5 aromatic rings. The molecule has 3 aromatic heterocycles. The summed E-state index contributed by atoms with van der Waals surface area (Å²) < 4.78 is 0. The lowest BCUT2D eigenvalue weighted by Crippen LogP contribution is -1.99. The molecule has 0 aliphatic heterocycles. The number of hydrogen-bond donors (Lipinski definition) is 5. The average Bonchev–Trinajstić information content (AvgIpc) is 3.27. The molecule has 3 heterocycles. The maximum absolute atomic E-state index is 11.7. The highest BCUT2D eigenvalue weighted by Crippen LogP contribution is 2.29. The van der Waals surface area contributed by atoms with Crippen molar-refractivity contribution in [2.45, 2.75) is 6.92 Å². The minimum atomic E-state index is -0.133. The summed E-state index contributed by atoms with van der Waals surface area (Å²) in [6.45, 7) is 1.96. The van der Waals surface area contributed by atoms with Gasteiger partial charge in [0.15, 0.2) is 5.82 Å². The Labute approximate surface area is 159 Å². The van der Waals surface area contributed by atoms with Crippen molar-refractivity contribution < 1.29 is 0 Å². The minimum absolute atomic E-state index is 0.133. The topological polar surface area (TPSA) is 114 Å². The van der Waals surface area contributed by atoms with Gasteiger partial charge in [-0.05, 0) is 31.2 Å². The number of anilines is 4. The van der Waals surface area contributed by atoms with Gasteiger partial charge in [0.2, 0.25) is 0 Å². The predicted molar refractivity (Wildman–Crippen MR) is 111 cm³/mol. The van der Waals surface area contributed by atoms with Gasteiger partial charge in [-0.25, -0.2) is 4.98 Å². The molecule has 0 radical (unpaired) electrons. The first-order valence-corrected chi connectivity index (χ1v) is 8.82. The molecule has 0 saturated carbocycles. The van der Waals surface area contributed by atoms with Crippen molar-refractivity contribution in [2.75, 3.05) is 10.6 Å². The van der Waals surface area contributed by atoms with Gasteiger partial charge in [-0.15, -0.1) is 0 Å². The zero-order chi connectivity index (χ0) is 19.1. The van der Waals surface area contributed by atoms with E-state index < -0.39 is 0 Å². The molecule has 0 saturated heterocycles. The predicted octanol–water partition coefficient (Wildman–Crippen LogP) is 3.92. The number of nitrogens with one attached hydrogen (secondary N) is 5. The van der Waals surface area contributed by atoms with E-state index in [9.17, 15) is 4.79 Å². The third kappa shape index (κ3) is 2.86. The monoisotopic (exact) mass is 371 g/mol. The van der Waals surface area contributed by atoms with E-state index >= 15 is 0 Å². The minimum Gasteiger partial charge on any atom is -0.340 e. The van der Waals surface area contributed by atoms with E-state index in [2.05, 4.69) is 31.0 Å². The second kappa shape index (κ2) is 6.27. The number of benzene rings is 2. The molecule has 8 heteroatoms. The van der Waals surface area contributed by atoms with Crippen LogP contribution < -0.4 is 16.2 Å². The number of rotatable bonds is 4. The van der Waals surface area contributed by atoms with E-state index in [4.69, 9.17) is 4.98 Å². The Balaban J connectivity index is 1.55. The lowest BCUT2D eigenvalue weighted by atomic mass is 10.1. The summed E-state index contributed by atoms with van der Waals surface area (Å²) in [5.74, 6) is 1.43. The van der Waals surface area contributed by atoms with Gasteiger partial charge in [0, 0.05) is 28.9 Å². The van der Waals surface area contributed by atoms with Crippen LogP contribution >= 0.6 is 0 Å². The fourth-order valence-corrected chi connectivity index (χ4v) is 3.23. The molecule has 0 bridgehead atoms. The number of aromatic nitrogens is 5. The second-order valence-corrected chi connectivity index (χ2v) is 6.60. The molecule has 0 unspecified atom stereocenters. The Hall–Kier alpha value is -4.07. The lowest BCUT2D eigenvalue weighted by molar-refractivity contribution is 1.05. The summed E-state index contributed by atoms with van der Waals surface area (Å²) in [5.41, 5.74) is 4.17. The quantitative estimate of drug-likeness (QED) is 0.328. The van der Waals surface area contributed by atoms with Crippen molar-refractivity contribution in [3.63, 3.8) is 0 Å². The summed E-state index contributed by atoms with van der Waals surface area (Å²) in [7, 11) is 0. The van der Waals surface area contributed by atoms with Crippen LogP contribution in [-0.4, -0.2) is 25.4 Å². The van der Waals surface area contributed by atoms with Crippen LogP contribution in [0.4, 0.5) is 23.0 Å². The Morgan fingerprint density at radius 2 is 1.79 bits per heavy atom. The highest BCUT2D eigenvalue weighted by Gasteiger charge is 2.09. The van der Waals surface area contributed by atoms with Gasteiger partial charge >= 0.3 is 0 Å². The smallest absolute Gasteiger partial charge is 0.271 e. The molecule has 2 aromatic carbocycles. The Bertz CT molecular complexity index is 1360. The van der Waals surface area contributed by atoms with Gasteiger partial charge in [-0.3, -0.25) is 20.1 Å². The first-order chi connectivity index (χ1) is 13.7. The maximum Gasteiger partial charge on any atom is 0.271 e. The van der Waals surface area contributed by atoms with Gasteiger partial charge in [0.25, 0.3) is 5.56 Å². The van der Waals surface area contributed by atoms with Crippen LogP contribution in [0.5, 0.6) is 0 Å². The van der Waals surface area contributed by atoms with Crippen molar-refractivity contribution in [1.29, 1.82) is 0 Å². The molecule has 5 rings (SSSR count). The normalized spacial score (nSPS) is 11.2. The first kappa shape index (κ1) is 16.1. The summed E-state index contributed by atoms with van der Waals surface area (Å²) in [6, 6.07) is 17.3. The van der Waals surface area contributed by atoms with E-state index in [1.54, 1.807) is 6.07 Å². The SMILES string of the molecule is Cc1cc(Nc2cc(Nc3ccc4c(=O)[nH][nH]c4c3)nc3ccccc23)n[nH]1. The van der Waals surface area contributed by atoms with Crippen molar-refractivity contribution in [2.24, 2.45) is 0 Å². The first-order valence-electron chi connectivity index (χ1n) is 8.82. The summed E-state index contributed by atoms with van der Waals surface area (Å²) in [6.07, 6.45) is 0. The van der Waals surface area contributed by atoms with Crippen molar-refractivity contribution in [3.8, 4) is 0 Å². The van der Waals surface area contributed by atoms with Crippen molar-refractivity contribution in [3.05, 3.63) is 70.6 Å². The zero-order valence-electron chi connectivity index (χ0n) is 15.0. The average molecular weight is 371 g/mol. The molecule has 28 heavy (non-hydrogen) atoms. The van der Waals surface area contributed by atoms with Crippen LogP contribution in [0.1, 0.15) is 5.69 Å². The molecule has 0 amide bonds. The van der Waals surface area contributed by atoms with E-state index in [1.165, 1.54) is 0 Å². The summed E-state index contributed by atoms with van der Waals surface area (Å²) >= 11 is 0. The molecule has 5 N–H and O–H groups in total. The van der Waals surface area contributed by atoms with Crippen LogP contribution in [0.3, 0.4) is 0 Å². The van der Waals surface area contributed by atoms with E-state index in [1.807, 2.05) is 55.5 Å². The van der Waals surface area contributed by atoms with E-state index in [0.717, 1.165) is 39.3 Å². The molecule has 0 atom stereocenters. The third-order valence-corrected chi connectivity index (χ3v) is 4.53. The van der Waals surface area contributed by atoms with Gasteiger partial charge in [-0.2, -0.15) is 5.10 Å². The number of fused-ring (bicyclic) bond motifs is 2. The number of aromatic amines is 3. The highest BCUT2D eigenvalue weighted by atomic mass is 16.1. The number of aryl methyl sites for hydroxylation is 1. The Kier molecular flexibility index (Phi) is 3.61. The van der Waals surface area contributed by atoms with Crippen molar-refractivity contribution >= 4 is 44.8 Å². The number of H-pyrrole nitrogens is 3. The standard InChI is InChI=1S/C20H17N7O/c1-11-8-19(26-24-11)23-16-10-18(22-15-5-3-2-4-13(15)16)21-12-6-7-14-17(9-12)25-27-20(14)28/h2-10H,1H3,(H2,25,27,28)(H3,21,22,23,24,26). The Morgan fingerprint density at radius 1 is 0.893 bits per heavy atom. The van der Waals surface area contributed by atoms with E-state index in [-0.39, 0.29) is 5.56 Å². The van der Waals surface area contributed by atoms with Crippen LogP contribution in [0.25, 0.3) is 21.8 Å². The Morgan fingerprint density at radius 3 is 2.64 bits per heavy atom.